The molecular weight excluding hydrogens is 268 g/mol. The van der Waals surface area contributed by atoms with Gasteiger partial charge in [0.25, 0.3) is 0 Å². The molecule has 1 saturated heterocycles. The molecule has 0 aliphatic carbocycles. The highest BCUT2D eigenvalue weighted by Crippen LogP contribution is 2.24. The second-order valence-corrected chi connectivity index (χ2v) is 7.55. The predicted molar refractivity (Wildman–Crippen MR) is 86.3 cm³/mol. The summed E-state index contributed by atoms with van der Waals surface area (Å²) in [4.78, 5) is 5.45. The first-order chi connectivity index (χ1) is 9.56. The van der Waals surface area contributed by atoms with E-state index in [-0.39, 0.29) is 0 Å². The Hall–Kier alpha value is -0.420. The van der Waals surface area contributed by atoms with Crippen LogP contribution in [0.2, 0.25) is 0 Å². The molecular formula is C16H28N2OS. The zero-order chi connectivity index (χ0) is 14.5. The Morgan fingerprint density at radius 1 is 1.50 bits per heavy atom. The van der Waals surface area contributed by atoms with Gasteiger partial charge in [-0.2, -0.15) is 0 Å². The van der Waals surface area contributed by atoms with Gasteiger partial charge in [-0.15, -0.1) is 11.3 Å². The van der Waals surface area contributed by atoms with E-state index in [0.717, 1.165) is 39.4 Å². The highest BCUT2D eigenvalue weighted by Gasteiger charge is 2.20. The van der Waals surface area contributed by atoms with Gasteiger partial charge >= 0.3 is 0 Å². The molecule has 2 rings (SSSR count). The standard InChI is InChI=1S/C16H28N2OS/c1-12(2)8-17-9-16-7-15(14(4)20-16)10-18-5-6-19-11-13(18)3/h7,12-13,17H,5-6,8-11H2,1-4H3. The van der Waals surface area contributed by atoms with E-state index < -0.39 is 0 Å². The minimum Gasteiger partial charge on any atom is -0.379 e. The average Bonchev–Trinajstić information content (AvgIpc) is 2.72. The molecule has 1 aromatic rings. The Bertz CT molecular complexity index is 417. The average molecular weight is 296 g/mol. The summed E-state index contributed by atoms with van der Waals surface area (Å²) in [5.41, 5.74) is 1.49. The third kappa shape index (κ3) is 4.55. The Morgan fingerprint density at radius 2 is 2.30 bits per heavy atom. The summed E-state index contributed by atoms with van der Waals surface area (Å²) in [5, 5.41) is 3.53. The number of thiophene rings is 1. The van der Waals surface area contributed by atoms with Gasteiger partial charge in [0.1, 0.15) is 0 Å². The van der Waals surface area contributed by atoms with E-state index >= 15 is 0 Å². The minimum absolute atomic E-state index is 0.533. The van der Waals surface area contributed by atoms with Gasteiger partial charge in [-0.05, 0) is 37.9 Å². The Labute approximate surface area is 127 Å². The Balaban J connectivity index is 1.89. The summed E-state index contributed by atoms with van der Waals surface area (Å²) in [6.45, 7) is 14.9. The van der Waals surface area contributed by atoms with Crippen LogP contribution in [-0.2, 0) is 17.8 Å². The molecule has 1 atom stereocenters. The van der Waals surface area contributed by atoms with Crippen LogP contribution in [0.25, 0.3) is 0 Å². The summed E-state index contributed by atoms with van der Waals surface area (Å²) in [6, 6.07) is 2.92. The summed E-state index contributed by atoms with van der Waals surface area (Å²) in [7, 11) is 0. The number of morpholine rings is 1. The molecule has 2 heterocycles. The van der Waals surface area contributed by atoms with E-state index in [2.05, 4.69) is 44.0 Å². The molecule has 1 fully saturated rings. The van der Waals surface area contributed by atoms with Crippen molar-refractivity contribution < 1.29 is 4.74 Å². The largest absolute Gasteiger partial charge is 0.379 e. The topological polar surface area (TPSA) is 24.5 Å². The van der Waals surface area contributed by atoms with Crippen LogP contribution in [0.1, 0.15) is 36.1 Å². The molecule has 1 aliphatic rings. The van der Waals surface area contributed by atoms with Crippen LogP contribution in [0.5, 0.6) is 0 Å². The fourth-order valence-corrected chi connectivity index (χ4v) is 3.55. The Morgan fingerprint density at radius 3 is 3.00 bits per heavy atom. The first kappa shape index (κ1) is 16.0. The molecule has 1 N–H and O–H groups in total. The van der Waals surface area contributed by atoms with Gasteiger partial charge in [-0.1, -0.05) is 13.8 Å². The van der Waals surface area contributed by atoms with Crippen molar-refractivity contribution in [1.82, 2.24) is 10.2 Å². The quantitative estimate of drug-likeness (QED) is 0.873. The summed E-state index contributed by atoms with van der Waals surface area (Å²) in [6.07, 6.45) is 0. The highest BCUT2D eigenvalue weighted by molar-refractivity contribution is 7.12. The molecule has 4 heteroatoms. The number of hydrogen-bond donors (Lipinski definition) is 1. The van der Waals surface area contributed by atoms with Crippen molar-refractivity contribution in [1.29, 1.82) is 0 Å². The van der Waals surface area contributed by atoms with E-state index in [4.69, 9.17) is 4.74 Å². The van der Waals surface area contributed by atoms with E-state index in [0.29, 0.717) is 12.0 Å². The molecule has 0 saturated carbocycles. The minimum atomic E-state index is 0.533. The second kappa shape index (κ2) is 7.55. The number of rotatable bonds is 6. The van der Waals surface area contributed by atoms with Crippen molar-refractivity contribution in [2.75, 3.05) is 26.3 Å². The van der Waals surface area contributed by atoms with Crippen LogP contribution in [0.15, 0.2) is 6.07 Å². The molecule has 3 nitrogen and oxygen atoms in total. The normalized spacial score (nSPS) is 20.8. The Kier molecular flexibility index (Phi) is 6.02. The van der Waals surface area contributed by atoms with Crippen LogP contribution in [0.4, 0.5) is 0 Å². The van der Waals surface area contributed by atoms with Crippen LogP contribution < -0.4 is 5.32 Å². The lowest BCUT2D eigenvalue weighted by Gasteiger charge is -2.33. The van der Waals surface area contributed by atoms with Crippen LogP contribution in [0.3, 0.4) is 0 Å². The molecule has 0 aromatic carbocycles. The maximum Gasteiger partial charge on any atom is 0.0619 e. The zero-order valence-electron chi connectivity index (χ0n) is 13.2. The van der Waals surface area contributed by atoms with Crippen molar-refractivity contribution in [3.05, 3.63) is 21.4 Å². The molecule has 0 bridgehead atoms. The lowest BCUT2D eigenvalue weighted by molar-refractivity contribution is -0.00439. The fourth-order valence-electron chi connectivity index (χ4n) is 2.53. The monoisotopic (exact) mass is 296 g/mol. The van der Waals surface area contributed by atoms with Crippen molar-refractivity contribution in [2.24, 2.45) is 5.92 Å². The van der Waals surface area contributed by atoms with Gasteiger partial charge in [-0.25, -0.2) is 0 Å². The van der Waals surface area contributed by atoms with Gasteiger partial charge < -0.3 is 10.1 Å². The number of nitrogens with zero attached hydrogens (tertiary/aromatic N) is 1. The van der Waals surface area contributed by atoms with Crippen molar-refractivity contribution >= 4 is 11.3 Å². The highest BCUT2D eigenvalue weighted by atomic mass is 32.1. The van der Waals surface area contributed by atoms with Gasteiger partial charge in [0.05, 0.1) is 13.2 Å². The third-order valence-corrected chi connectivity index (χ3v) is 4.89. The smallest absolute Gasteiger partial charge is 0.0619 e. The maximum atomic E-state index is 5.51. The van der Waals surface area contributed by atoms with Crippen molar-refractivity contribution in [3.63, 3.8) is 0 Å². The SMILES string of the molecule is Cc1sc(CNCC(C)C)cc1CN1CCOCC1C. The number of aryl methyl sites for hydroxylation is 1. The van der Waals surface area contributed by atoms with E-state index in [1.165, 1.54) is 15.3 Å². The van der Waals surface area contributed by atoms with E-state index in [1.807, 2.05) is 11.3 Å². The van der Waals surface area contributed by atoms with E-state index in [9.17, 15) is 0 Å². The number of ether oxygens (including phenoxy) is 1. The first-order valence-electron chi connectivity index (χ1n) is 7.67. The fraction of sp³-hybridized carbons (Fsp3) is 0.750. The molecule has 0 spiro atoms. The summed E-state index contributed by atoms with van der Waals surface area (Å²) in [5.74, 6) is 0.713. The van der Waals surface area contributed by atoms with Crippen LogP contribution in [0, 0.1) is 12.8 Å². The second-order valence-electron chi connectivity index (χ2n) is 6.21. The molecule has 0 amide bonds. The van der Waals surface area contributed by atoms with Crippen molar-refractivity contribution in [2.45, 2.75) is 46.8 Å². The maximum absolute atomic E-state index is 5.51. The summed E-state index contributed by atoms with van der Waals surface area (Å²) < 4.78 is 5.51. The molecule has 1 aromatic heterocycles. The molecule has 114 valence electrons. The van der Waals surface area contributed by atoms with Crippen LogP contribution in [-0.4, -0.2) is 37.2 Å². The predicted octanol–water partition coefficient (Wildman–Crippen LogP) is 3.02. The lowest BCUT2D eigenvalue weighted by Crippen LogP contribution is -2.42. The van der Waals surface area contributed by atoms with Gasteiger partial charge in [-0.3, -0.25) is 4.90 Å². The van der Waals surface area contributed by atoms with Gasteiger partial charge in [0, 0.05) is 35.4 Å². The first-order valence-corrected chi connectivity index (χ1v) is 8.48. The molecule has 1 aliphatic heterocycles. The lowest BCUT2D eigenvalue weighted by atomic mass is 10.2. The van der Waals surface area contributed by atoms with E-state index in [1.54, 1.807) is 0 Å². The van der Waals surface area contributed by atoms with Gasteiger partial charge in [0.15, 0.2) is 0 Å². The molecule has 1 unspecified atom stereocenters. The number of nitrogens with one attached hydrogen (secondary N) is 1. The third-order valence-electron chi connectivity index (χ3n) is 3.80. The van der Waals surface area contributed by atoms with Gasteiger partial charge in [0.2, 0.25) is 0 Å². The van der Waals surface area contributed by atoms with Crippen molar-refractivity contribution in [3.8, 4) is 0 Å². The molecule has 0 radical (unpaired) electrons. The number of hydrogen-bond acceptors (Lipinski definition) is 4. The zero-order valence-corrected chi connectivity index (χ0v) is 14.1. The molecule has 20 heavy (non-hydrogen) atoms. The van der Waals surface area contributed by atoms with Crippen LogP contribution >= 0.6 is 11.3 Å². The summed E-state index contributed by atoms with van der Waals surface area (Å²) >= 11 is 1.94.